The van der Waals surface area contributed by atoms with E-state index in [1.165, 1.54) is 11.9 Å². The molecule has 4 amide bonds. The highest BCUT2D eigenvalue weighted by Crippen LogP contribution is 2.22. The van der Waals surface area contributed by atoms with Gasteiger partial charge in [-0.1, -0.05) is 12.1 Å². The molecule has 0 fully saturated rings. The van der Waals surface area contributed by atoms with Gasteiger partial charge in [0, 0.05) is 25.7 Å². The normalized spacial score (nSPS) is 12.6. The Bertz CT molecular complexity index is 920. The molecular weight excluding hydrogens is 374 g/mol. The highest BCUT2D eigenvalue weighted by molar-refractivity contribution is 6.21. The first-order valence-corrected chi connectivity index (χ1v) is 9.04. The minimum atomic E-state index is -0.404. The first kappa shape index (κ1) is 20.1. The molecule has 0 unspecified atom stereocenters. The van der Waals surface area contributed by atoms with Gasteiger partial charge in [-0.05, 0) is 36.4 Å². The lowest BCUT2D eigenvalue weighted by Gasteiger charge is -2.19. The molecular formula is C21H21N3O5. The van der Waals surface area contributed by atoms with Crippen LogP contribution in [0.3, 0.4) is 0 Å². The van der Waals surface area contributed by atoms with Crippen LogP contribution in [-0.2, 0) is 9.59 Å². The van der Waals surface area contributed by atoms with Gasteiger partial charge in [-0.15, -0.1) is 0 Å². The minimum Gasteiger partial charge on any atom is -0.497 e. The molecule has 0 aromatic heterocycles. The molecule has 2 aromatic rings. The number of imide groups is 1. The lowest BCUT2D eigenvalue weighted by molar-refractivity contribution is -0.133. The molecule has 0 radical (unpaired) electrons. The summed E-state index contributed by atoms with van der Waals surface area (Å²) in [5.74, 6) is -0.835. The van der Waals surface area contributed by atoms with Crippen LogP contribution >= 0.6 is 0 Å². The topological polar surface area (TPSA) is 96.0 Å². The number of carbonyl (C=O) groups excluding carboxylic acids is 4. The average Bonchev–Trinajstić information content (AvgIpc) is 2.97. The predicted molar refractivity (Wildman–Crippen MR) is 106 cm³/mol. The van der Waals surface area contributed by atoms with Crippen LogP contribution in [-0.4, -0.2) is 60.7 Å². The van der Waals surface area contributed by atoms with Gasteiger partial charge in [-0.2, -0.15) is 0 Å². The highest BCUT2D eigenvalue weighted by atomic mass is 16.5. The second-order valence-corrected chi connectivity index (χ2v) is 6.58. The van der Waals surface area contributed by atoms with Crippen LogP contribution in [0.15, 0.2) is 48.5 Å². The Morgan fingerprint density at radius 3 is 2.14 bits per heavy atom. The fourth-order valence-electron chi connectivity index (χ4n) is 3.02. The van der Waals surface area contributed by atoms with E-state index in [9.17, 15) is 19.2 Å². The van der Waals surface area contributed by atoms with Gasteiger partial charge in [0.25, 0.3) is 11.8 Å². The summed E-state index contributed by atoms with van der Waals surface area (Å²) >= 11 is 0. The molecule has 150 valence electrons. The van der Waals surface area contributed by atoms with E-state index in [4.69, 9.17) is 4.74 Å². The maximum Gasteiger partial charge on any atom is 0.261 e. The van der Waals surface area contributed by atoms with Crippen molar-refractivity contribution in [3.63, 3.8) is 0 Å². The molecule has 2 aromatic carbocycles. The number of nitrogens with zero attached hydrogens (tertiary/aromatic N) is 2. The van der Waals surface area contributed by atoms with Crippen LogP contribution in [0.2, 0.25) is 0 Å². The van der Waals surface area contributed by atoms with Gasteiger partial charge in [-0.25, -0.2) is 0 Å². The summed E-state index contributed by atoms with van der Waals surface area (Å²) in [4.78, 5) is 51.4. The molecule has 0 saturated heterocycles. The number of hydrogen-bond acceptors (Lipinski definition) is 5. The van der Waals surface area contributed by atoms with Crippen LogP contribution < -0.4 is 10.1 Å². The summed E-state index contributed by atoms with van der Waals surface area (Å²) in [5, 5.41) is 2.70. The Balaban J connectivity index is 1.50. The monoisotopic (exact) mass is 395 g/mol. The molecule has 1 N–H and O–H groups in total. The summed E-state index contributed by atoms with van der Waals surface area (Å²) in [7, 11) is 3.05. The maximum absolute atomic E-state index is 12.3. The smallest absolute Gasteiger partial charge is 0.261 e. The number of nitrogens with one attached hydrogen (secondary N) is 1. The van der Waals surface area contributed by atoms with Crippen LogP contribution in [0.25, 0.3) is 0 Å². The van der Waals surface area contributed by atoms with Crippen LogP contribution in [0, 0.1) is 0 Å². The first-order valence-electron chi connectivity index (χ1n) is 9.04. The van der Waals surface area contributed by atoms with E-state index in [2.05, 4.69) is 5.32 Å². The van der Waals surface area contributed by atoms with Crippen molar-refractivity contribution in [1.82, 2.24) is 9.80 Å². The molecule has 0 spiro atoms. The molecule has 1 aliphatic heterocycles. The zero-order valence-electron chi connectivity index (χ0n) is 16.2. The molecule has 0 bridgehead atoms. The van der Waals surface area contributed by atoms with Crippen molar-refractivity contribution in [2.45, 2.75) is 6.42 Å². The Kier molecular flexibility index (Phi) is 5.92. The van der Waals surface area contributed by atoms with E-state index in [1.807, 2.05) is 0 Å². The lowest BCUT2D eigenvalue weighted by Crippen LogP contribution is -2.38. The third-order valence-electron chi connectivity index (χ3n) is 4.61. The Labute approximate surface area is 168 Å². The largest absolute Gasteiger partial charge is 0.497 e. The lowest BCUT2D eigenvalue weighted by atomic mass is 10.1. The number of benzene rings is 2. The number of anilines is 1. The van der Waals surface area contributed by atoms with Crippen molar-refractivity contribution in [3.05, 3.63) is 59.7 Å². The minimum absolute atomic E-state index is 0.0321. The molecule has 1 heterocycles. The van der Waals surface area contributed by atoms with E-state index in [0.29, 0.717) is 22.6 Å². The molecule has 0 atom stereocenters. The zero-order chi connectivity index (χ0) is 21.0. The SMILES string of the molecule is COc1ccc(NC(=O)CN(C)C(=O)CCN2C(=O)c3ccccc3C2=O)cc1. The zero-order valence-corrected chi connectivity index (χ0v) is 16.2. The third-order valence-corrected chi connectivity index (χ3v) is 4.61. The quantitative estimate of drug-likeness (QED) is 0.721. The van der Waals surface area contributed by atoms with Crippen LogP contribution in [0.1, 0.15) is 27.1 Å². The van der Waals surface area contributed by atoms with Gasteiger partial charge in [0.05, 0.1) is 24.8 Å². The molecule has 0 aliphatic carbocycles. The van der Waals surface area contributed by atoms with Crippen LogP contribution in [0.4, 0.5) is 5.69 Å². The molecule has 1 aliphatic rings. The van der Waals surface area contributed by atoms with Gasteiger partial charge in [0.2, 0.25) is 11.8 Å². The van der Waals surface area contributed by atoms with E-state index >= 15 is 0 Å². The molecule has 0 saturated carbocycles. The van der Waals surface area contributed by atoms with Crippen molar-refractivity contribution in [3.8, 4) is 5.75 Å². The number of ether oxygens (including phenoxy) is 1. The molecule has 8 nitrogen and oxygen atoms in total. The Morgan fingerprint density at radius 2 is 1.59 bits per heavy atom. The standard InChI is InChI=1S/C21H21N3O5/c1-23(13-18(25)22-14-7-9-15(29-2)10-8-14)19(26)11-12-24-20(27)16-5-3-4-6-17(16)21(24)28/h3-10H,11-13H2,1-2H3,(H,22,25). The summed E-state index contributed by atoms with van der Waals surface area (Å²) in [6, 6.07) is 13.4. The Hall–Kier alpha value is -3.68. The van der Waals surface area contributed by atoms with Gasteiger partial charge in [0.1, 0.15) is 5.75 Å². The third kappa shape index (κ3) is 4.43. The van der Waals surface area contributed by atoms with E-state index in [0.717, 1.165) is 4.90 Å². The number of carbonyl (C=O) groups is 4. The van der Waals surface area contributed by atoms with Crippen molar-refractivity contribution in [2.75, 3.05) is 32.6 Å². The number of fused-ring (bicyclic) bond motifs is 1. The number of methoxy groups -OCH3 is 1. The van der Waals surface area contributed by atoms with Crippen molar-refractivity contribution in [2.24, 2.45) is 0 Å². The Morgan fingerprint density at radius 1 is 1.00 bits per heavy atom. The van der Waals surface area contributed by atoms with Gasteiger partial charge < -0.3 is 15.0 Å². The molecule has 8 heteroatoms. The summed E-state index contributed by atoms with van der Waals surface area (Å²) < 4.78 is 5.06. The highest BCUT2D eigenvalue weighted by Gasteiger charge is 2.35. The average molecular weight is 395 g/mol. The number of amides is 4. The maximum atomic E-state index is 12.3. The number of hydrogen-bond donors (Lipinski definition) is 1. The van der Waals surface area contributed by atoms with Crippen molar-refractivity contribution < 1.29 is 23.9 Å². The van der Waals surface area contributed by atoms with Crippen LogP contribution in [0.5, 0.6) is 5.75 Å². The fourth-order valence-corrected chi connectivity index (χ4v) is 3.02. The van der Waals surface area contributed by atoms with Gasteiger partial charge >= 0.3 is 0 Å². The second kappa shape index (κ2) is 8.55. The predicted octanol–water partition coefficient (Wildman–Crippen LogP) is 1.78. The van der Waals surface area contributed by atoms with E-state index in [-0.39, 0.29) is 31.3 Å². The van der Waals surface area contributed by atoms with E-state index < -0.39 is 11.8 Å². The summed E-state index contributed by atoms with van der Waals surface area (Å²) in [6.07, 6.45) is -0.0578. The van der Waals surface area contributed by atoms with E-state index in [1.54, 1.807) is 55.6 Å². The summed E-state index contributed by atoms with van der Waals surface area (Å²) in [6.45, 7) is -0.178. The van der Waals surface area contributed by atoms with Gasteiger partial charge in [0.15, 0.2) is 0 Å². The fraction of sp³-hybridized carbons (Fsp3) is 0.238. The summed E-state index contributed by atoms with van der Waals surface area (Å²) in [5.41, 5.74) is 1.28. The number of rotatable bonds is 7. The number of likely N-dealkylation sites (N-methyl/N-ethyl adjacent to an activating group) is 1. The molecule has 29 heavy (non-hydrogen) atoms. The van der Waals surface area contributed by atoms with Crippen molar-refractivity contribution >= 4 is 29.3 Å². The first-order chi connectivity index (χ1) is 13.9. The van der Waals surface area contributed by atoms with Crippen molar-refractivity contribution in [1.29, 1.82) is 0 Å². The van der Waals surface area contributed by atoms with Gasteiger partial charge in [-0.3, -0.25) is 24.1 Å². The second-order valence-electron chi connectivity index (χ2n) is 6.58. The molecule has 3 rings (SSSR count).